The molecule has 1 nitrogen and oxygen atoms in total. The van der Waals surface area contributed by atoms with Gasteiger partial charge in [-0.1, -0.05) is 28.7 Å². The number of hydrogen-bond acceptors (Lipinski definition) is 1. The third-order valence-corrected chi connectivity index (χ3v) is 3.92. The summed E-state index contributed by atoms with van der Waals surface area (Å²) in [5.74, 6) is 0.315. The van der Waals surface area contributed by atoms with Crippen molar-refractivity contribution in [3.63, 3.8) is 0 Å². The molecule has 17 heavy (non-hydrogen) atoms. The van der Waals surface area contributed by atoms with Crippen LogP contribution in [0.4, 0.5) is 13.2 Å². The van der Waals surface area contributed by atoms with Gasteiger partial charge < -0.3 is 4.74 Å². The topological polar surface area (TPSA) is 9.23 Å². The van der Waals surface area contributed by atoms with Crippen LogP contribution in [0.1, 0.15) is 24.8 Å². The van der Waals surface area contributed by atoms with E-state index in [0.717, 1.165) is 31.4 Å². The lowest BCUT2D eigenvalue weighted by Gasteiger charge is -2.14. The standard InChI is InChI=1S/C12H12F3IO/c13-12(14,15)8-2-1-3-10(6-8)17-11-5-4-9(16)7-11/h1-3,6,9,11H,4-5,7H2/t9-,11-/m1/s1. The highest BCUT2D eigenvalue weighted by Crippen LogP contribution is 2.33. The molecular weight excluding hydrogens is 344 g/mol. The maximum absolute atomic E-state index is 12.5. The van der Waals surface area contributed by atoms with Gasteiger partial charge in [0.05, 0.1) is 11.7 Å². The van der Waals surface area contributed by atoms with Crippen molar-refractivity contribution in [3.8, 4) is 5.75 Å². The Balaban J connectivity index is 2.06. The molecule has 2 rings (SSSR count). The van der Waals surface area contributed by atoms with Gasteiger partial charge in [0.15, 0.2) is 0 Å². The van der Waals surface area contributed by atoms with Gasteiger partial charge in [-0.2, -0.15) is 13.2 Å². The molecule has 0 aliphatic heterocycles. The Morgan fingerprint density at radius 1 is 1.24 bits per heavy atom. The van der Waals surface area contributed by atoms with Gasteiger partial charge in [0.25, 0.3) is 0 Å². The zero-order valence-electron chi connectivity index (χ0n) is 9.01. The minimum atomic E-state index is -4.30. The Hall–Kier alpha value is -0.460. The molecule has 0 heterocycles. The SMILES string of the molecule is FC(F)(F)c1cccc(O[C@@H]2CC[C@@H](I)C2)c1. The third kappa shape index (κ3) is 3.50. The second-order valence-corrected chi connectivity index (χ2v) is 5.94. The van der Waals surface area contributed by atoms with Crippen LogP contribution in [-0.2, 0) is 6.18 Å². The van der Waals surface area contributed by atoms with E-state index >= 15 is 0 Å². The van der Waals surface area contributed by atoms with Crippen LogP contribution in [0.5, 0.6) is 5.75 Å². The fourth-order valence-corrected chi connectivity index (χ4v) is 2.86. The second kappa shape index (κ2) is 5.04. The highest BCUT2D eigenvalue weighted by atomic mass is 127. The molecule has 0 bridgehead atoms. The lowest BCUT2D eigenvalue weighted by atomic mass is 10.2. The third-order valence-electron chi connectivity index (χ3n) is 2.78. The molecule has 0 amide bonds. The molecule has 0 saturated heterocycles. The van der Waals surface area contributed by atoms with E-state index in [1.54, 1.807) is 6.07 Å². The predicted molar refractivity (Wildman–Crippen MR) is 67.5 cm³/mol. The van der Waals surface area contributed by atoms with Crippen molar-refractivity contribution in [2.75, 3.05) is 0 Å². The second-order valence-electron chi connectivity index (χ2n) is 4.18. The largest absolute Gasteiger partial charge is 0.490 e. The van der Waals surface area contributed by atoms with Gasteiger partial charge >= 0.3 is 6.18 Å². The lowest BCUT2D eigenvalue weighted by molar-refractivity contribution is -0.137. The van der Waals surface area contributed by atoms with Gasteiger partial charge in [-0.25, -0.2) is 0 Å². The Bertz CT molecular complexity index is 392. The van der Waals surface area contributed by atoms with E-state index in [4.69, 9.17) is 4.74 Å². The Morgan fingerprint density at radius 3 is 2.59 bits per heavy atom. The highest BCUT2D eigenvalue weighted by Gasteiger charge is 2.31. The summed E-state index contributed by atoms with van der Waals surface area (Å²) in [5.41, 5.74) is -0.654. The van der Waals surface area contributed by atoms with Gasteiger partial charge in [0.2, 0.25) is 0 Å². The molecular formula is C12H12F3IO. The number of hydrogen-bond donors (Lipinski definition) is 0. The summed E-state index contributed by atoms with van der Waals surface area (Å²) in [4.78, 5) is 0. The molecule has 2 atom stereocenters. The number of alkyl halides is 4. The number of rotatable bonds is 2. The fraction of sp³-hybridized carbons (Fsp3) is 0.500. The van der Waals surface area contributed by atoms with E-state index in [1.807, 2.05) is 0 Å². The van der Waals surface area contributed by atoms with Crippen LogP contribution in [0.15, 0.2) is 24.3 Å². The molecule has 1 saturated carbocycles. The van der Waals surface area contributed by atoms with Crippen molar-refractivity contribution >= 4 is 22.6 Å². The number of ether oxygens (including phenoxy) is 1. The minimum Gasteiger partial charge on any atom is -0.490 e. The lowest BCUT2D eigenvalue weighted by Crippen LogP contribution is -2.13. The molecule has 1 aliphatic carbocycles. The first-order valence-electron chi connectivity index (χ1n) is 5.43. The molecule has 1 aromatic carbocycles. The highest BCUT2D eigenvalue weighted by molar-refractivity contribution is 14.1. The summed E-state index contributed by atoms with van der Waals surface area (Å²) >= 11 is 2.35. The first-order chi connectivity index (χ1) is 7.95. The van der Waals surface area contributed by atoms with Crippen molar-refractivity contribution in [3.05, 3.63) is 29.8 Å². The van der Waals surface area contributed by atoms with Crippen molar-refractivity contribution in [2.45, 2.75) is 35.5 Å². The van der Waals surface area contributed by atoms with Gasteiger partial charge in [-0.3, -0.25) is 0 Å². The summed E-state index contributed by atoms with van der Waals surface area (Å²) in [5, 5.41) is 0. The van der Waals surface area contributed by atoms with E-state index in [2.05, 4.69) is 22.6 Å². The molecule has 0 N–H and O–H groups in total. The van der Waals surface area contributed by atoms with Gasteiger partial charge in [0.1, 0.15) is 5.75 Å². The summed E-state index contributed by atoms with van der Waals surface area (Å²) in [6, 6.07) is 5.09. The zero-order chi connectivity index (χ0) is 12.5. The molecule has 5 heteroatoms. The van der Waals surface area contributed by atoms with Crippen molar-refractivity contribution in [2.24, 2.45) is 0 Å². The quantitative estimate of drug-likeness (QED) is 0.562. The Labute approximate surface area is 111 Å². The van der Waals surface area contributed by atoms with Crippen LogP contribution in [0.3, 0.4) is 0 Å². The maximum Gasteiger partial charge on any atom is 0.416 e. The molecule has 0 spiro atoms. The van der Waals surface area contributed by atoms with E-state index in [0.29, 0.717) is 9.67 Å². The van der Waals surface area contributed by atoms with Crippen LogP contribution in [0, 0.1) is 0 Å². The van der Waals surface area contributed by atoms with E-state index in [9.17, 15) is 13.2 Å². The molecule has 0 aromatic heterocycles. The first kappa shape index (κ1) is 13.0. The van der Waals surface area contributed by atoms with Crippen molar-refractivity contribution in [1.29, 1.82) is 0 Å². The van der Waals surface area contributed by atoms with Gasteiger partial charge in [-0.15, -0.1) is 0 Å². The summed E-state index contributed by atoms with van der Waals surface area (Å²) in [6.07, 6.45) is -1.34. The van der Waals surface area contributed by atoms with Gasteiger partial charge in [-0.05, 0) is 37.5 Å². The number of benzene rings is 1. The van der Waals surface area contributed by atoms with Crippen molar-refractivity contribution < 1.29 is 17.9 Å². The smallest absolute Gasteiger partial charge is 0.416 e. The average Bonchev–Trinajstić information content (AvgIpc) is 2.63. The maximum atomic E-state index is 12.5. The summed E-state index contributed by atoms with van der Waals surface area (Å²) < 4.78 is 43.6. The van der Waals surface area contributed by atoms with E-state index in [-0.39, 0.29) is 6.10 Å². The van der Waals surface area contributed by atoms with E-state index in [1.165, 1.54) is 6.07 Å². The van der Waals surface area contributed by atoms with E-state index < -0.39 is 11.7 Å². The van der Waals surface area contributed by atoms with Crippen LogP contribution in [0.25, 0.3) is 0 Å². The molecule has 1 fully saturated rings. The first-order valence-corrected chi connectivity index (χ1v) is 6.67. The molecule has 0 radical (unpaired) electrons. The van der Waals surface area contributed by atoms with Crippen LogP contribution in [0.2, 0.25) is 0 Å². The summed E-state index contributed by atoms with van der Waals surface area (Å²) in [6.45, 7) is 0. The average molecular weight is 356 g/mol. The fourth-order valence-electron chi connectivity index (χ4n) is 1.93. The Morgan fingerprint density at radius 2 is 2.00 bits per heavy atom. The number of halogens is 4. The normalized spacial score (nSPS) is 24.9. The molecule has 1 aromatic rings. The van der Waals surface area contributed by atoms with Crippen LogP contribution in [-0.4, -0.2) is 10.0 Å². The molecule has 0 unspecified atom stereocenters. The van der Waals surface area contributed by atoms with Gasteiger partial charge in [0, 0.05) is 3.92 Å². The van der Waals surface area contributed by atoms with Crippen LogP contribution >= 0.6 is 22.6 Å². The minimum absolute atomic E-state index is 0.0559. The summed E-state index contributed by atoms with van der Waals surface area (Å²) in [7, 11) is 0. The van der Waals surface area contributed by atoms with Crippen LogP contribution < -0.4 is 4.74 Å². The zero-order valence-corrected chi connectivity index (χ0v) is 11.2. The molecule has 1 aliphatic rings. The Kier molecular flexibility index (Phi) is 3.85. The predicted octanol–water partition coefficient (Wildman–Crippen LogP) is 4.44. The molecule has 94 valence electrons. The monoisotopic (exact) mass is 356 g/mol. The van der Waals surface area contributed by atoms with Crippen molar-refractivity contribution in [1.82, 2.24) is 0 Å².